The average molecular weight is 369 g/mol. The molecule has 0 radical (unpaired) electrons. The van der Waals surface area contributed by atoms with E-state index in [2.05, 4.69) is 22.3 Å². The van der Waals surface area contributed by atoms with Crippen LogP contribution in [0.15, 0.2) is 24.3 Å². The summed E-state index contributed by atoms with van der Waals surface area (Å²) in [6, 6.07) is 8.91. The molecule has 1 N–H and O–H groups in total. The van der Waals surface area contributed by atoms with E-state index in [0.717, 1.165) is 43.2 Å². The maximum absolute atomic E-state index is 12.1. The molecule has 0 aromatic heterocycles. The van der Waals surface area contributed by atoms with Crippen molar-refractivity contribution in [1.82, 2.24) is 4.90 Å². The van der Waals surface area contributed by atoms with Gasteiger partial charge >= 0.3 is 6.09 Å². The number of para-hydroxylation sites is 1. The van der Waals surface area contributed by atoms with Crippen molar-refractivity contribution >= 4 is 11.8 Å². The van der Waals surface area contributed by atoms with Crippen LogP contribution in [0.3, 0.4) is 0 Å². The molecule has 4 aliphatic rings. The second-order valence-electron chi connectivity index (χ2n) is 9.40. The topological polar surface area (TPSA) is 41.6 Å². The normalized spacial score (nSPS) is 29.8. The highest BCUT2D eigenvalue weighted by Crippen LogP contribution is 2.50. The fourth-order valence-electron chi connectivity index (χ4n) is 6.46. The molecule has 27 heavy (non-hydrogen) atoms. The molecule has 2 spiro atoms. The van der Waals surface area contributed by atoms with Crippen molar-refractivity contribution in [2.75, 3.05) is 18.4 Å². The summed E-state index contributed by atoms with van der Waals surface area (Å²) in [5.74, 6) is 0. The van der Waals surface area contributed by atoms with E-state index < -0.39 is 5.60 Å². The van der Waals surface area contributed by atoms with Crippen molar-refractivity contribution in [3.63, 3.8) is 0 Å². The van der Waals surface area contributed by atoms with Gasteiger partial charge in [-0.2, -0.15) is 0 Å². The molecule has 2 heterocycles. The molecule has 4 heteroatoms. The van der Waals surface area contributed by atoms with E-state index in [9.17, 15) is 4.79 Å². The van der Waals surface area contributed by atoms with Gasteiger partial charge in [0.25, 0.3) is 0 Å². The monoisotopic (exact) mass is 368 g/mol. The molecular weight excluding hydrogens is 336 g/mol. The van der Waals surface area contributed by atoms with Crippen LogP contribution >= 0.6 is 0 Å². The summed E-state index contributed by atoms with van der Waals surface area (Å²) in [6.07, 6.45) is 14.4. The lowest BCUT2D eigenvalue weighted by atomic mass is 9.63. The van der Waals surface area contributed by atoms with Crippen molar-refractivity contribution in [2.24, 2.45) is 5.41 Å². The predicted molar refractivity (Wildman–Crippen MR) is 107 cm³/mol. The van der Waals surface area contributed by atoms with Crippen molar-refractivity contribution in [3.05, 3.63) is 29.8 Å². The standard InChI is InChI=1S/C23H32N2O2/c26-21-24-20-9-3-2-8-19(20)23(27-21)13-15-25(16-14-23)18-7-6-12-22(17-18)10-4-1-5-11-22/h2-3,8-9,18H,1,4-7,10-17H2,(H,24,26). The van der Waals surface area contributed by atoms with E-state index in [1.807, 2.05) is 12.1 Å². The minimum atomic E-state index is -0.424. The number of carbonyl (C=O) groups excluding carboxylic acids is 1. The lowest BCUT2D eigenvalue weighted by Gasteiger charge is -2.50. The lowest BCUT2D eigenvalue weighted by molar-refractivity contribution is -0.0569. The van der Waals surface area contributed by atoms with Crippen molar-refractivity contribution in [1.29, 1.82) is 0 Å². The highest BCUT2D eigenvalue weighted by Gasteiger charge is 2.46. The highest BCUT2D eigenvalue weighted by atomic mass is 16.6. The molecule has 2 saturated carbocycles. The largest absolute Gasteiger partial charge is 0.438 e. The first-order valence-corrected chi connectivity index (χ1v) is 11.0. The number of amides is 1. The van der Waals surface area contributed by atoms with Gasteiger partial charge in [-0.15, -0.1) is 0 Å². The van der Waals surface area contributed by atoms with Crippen LogP contribution in [0, 0.1) is 5.41 Å². The maximum Gasteiger partial charge on any atom is 0.412 e. The quantitative estimate of drug-likeness (QED) is 0.718. The van der Waals surface area contributed by atoms with Crippen LogP contribution in [0.4, 0.5) is 10.5 Å². The fourth-order valence-corrected chi connectivity index (χ4v) is 6.46. The van der Waals surface area contributed by atoms with Gasteiger partial charge < -0.3 is 9.64 Å². The Morgan fingerprint density at radius 2 is 1.70 bits per heavy atom. The fraction of sp³-hybridized carbons (Fsp3) is 0.696. The number of likely N-dealkylation sites (tertiary alicyclic amines) is 1. The zero-order valence-corrected chi connectivity index (χ0v) is 16.3. The Bertz CT molecular complexity index is 697. The number of nitrogens with zero attached hydrogens (tertiary/aromatic N) is 1. The molecule has 2 aliphatic carbocycles. The maximum atomic E-state index is 12.1. The first-order valence-electron chi connectivity index (χ1n) is 11.0. The van der Waals surface area contributed by atoms with Crippen LogP contribution in [-0.2, 0) is 10.3 Å². The number of benzene rings is 1. The van der Waals surface area contributed by atoms with E-state index in [0.29, 0.717) is 5.41 Å². The SMILES string of the molecule is O=C1Nc2ccccc2C2(CCN(C3CCCC4(CCCCC4)C3)CC2)O1. The predicted octanol–water partition coefficient (Wildman–Crippen LogP) is 5.43. The molecule has 0 bridgehead atoms. The zero-order valence-electron chi connectivity index (χ0n) is 16.3. The number of piperidine rings is 1. The van der Waals surface area contributed by atoms with Gasteiger partial charge in [-0.1, -0.05) is 43.9 Å². The summed E-state index contributed by atoms with van der Waals surface area (Å²) in [4.78, 5) is 14.9. The van der Waals surface area contributed by atoms with Gasteiger partial charge in [0.05, 0.1) is 5.69 Å². The Hall–Kier alpha value is -1.55. The van der Waals surface area contributed by atoms with Crippen LogP contribution in [0.2, 0.25) is 0 Å². The Morgan fingerprint density at radius 1 is 0.963 bits per heavy atom. The van der Waals surface area contributed by atoms with Gasteiger partial charge in [-0.25, -0.2) is 4.79 Å². The van der Waals surface area contributed by atoms with Gasteiger partial charge in [-0.3, -0.25) is 5.32 Å². The molecule has 1 amide bonds. The Kier molecular flexibility index (Phi) is 4.42. The van der Waals surface area contributed by atoms with Crippen molar-refractivity contribution in [2.45, 2.75) is 82.3 Å². The van der Waals surface area contributed by atoms with Crippen LogP contribution in [-0.4, -0.2) is 30.1 Å². The van der Waals surface area contributed by atoms with Gasteiger partial charge in [0.2, 0.25) is 0 Å². The third-order valence-electron chi connectivity index (χ3n) is 7.89. The molecule has 2 aliphatic heterocycles. The first kappa shape index (κ1) is 17.5. The van der Waals surface area contributed by atoms with Crippen molar-refractivity contribution < 1.29 is 9.53 Å². The molecule has 3 fully saturated rings. The highest BCUT2D eigenvalue weighted by molar-refractivity contribution is 5.88. The molecular formula is C23H32N2O2. The Morgan fingerprint density at radius 3 is 2.52 bits per heavy atom. The third kappa shape index (κ3) is 3.16. The molecule has 1 atom stereocenters. The second-order valence-corrected chi connectivity index (χ2v) is 9.40. The van der Waals surface area contributed by atoms with E-state index in [4.69, 9.17) is 4.74 Å². The van der Waals surface area contributed by atoms with E-state index in [-0.39, 0.29) is 6.09 Å². The zero-order chi connectivity index (χ0) is 18.3. The van der Waals surface area contributed by atoms with E-state index in [1.54, 1.807) is 0 Å². The molecule has 1 aromatic rings. The summed E-state index contributed by atoms with van der Waals surface area (Å²) in [7, 11) is 0. The number of carbonyl (C=O) groups is 1. The molecule has 1 aromatic carbocycles. The number of ether oxygens (including phenoxy) is 1. The van der Waals surface area contributed by atoms with Crippen LogP contribution in [0.1, 0.15) is 76.2 Å². The molecule has 1 saturated heterocycles. The number of rotatable bonds is 1. The van der Waals surface area contributed by atoms with Gasteiger partial charge in [0, 0.05) is 37.5 Å². The van der Waals surface area contributed by atoms with Gasteiger partial charge in [0.15, 0.2) is 0 Å². The molecule has 5 rings (SSSR count). The summed E-state index contributed by atoms with van der Waals surface area (Å²) < 4.78 is 5.91. The number of nitrogens with one attached hydrogen (secondary N) is 1. The number of fused-ring (bicyclic) bond motifs is 2. The minimum Gasteiger partial charge on any atom is -0.438 e. The van der Waals surface area contributed by atoms with Gasteiger partial charge in [-0.05, 0) is 43.6 Å². The summed E-state index contributed by atoms with van der Waals surface area (Å²) in [5, 5.41) is 2.87. The summed E-state index contributed by atoms with van der Waals surface area (Å²) in [6.45, 7) is 2.09. The molecule has 1 unspecified atom stereocenters. The number of anilines is 1. The van der Waals surface area contributed by atoms with E-state index in [1.165, 1.54) is 57.8 Å². The lowest BCUT2D eigenvalue weighted by Crippen LogP contribution is -2.52. The van der Waals surface area contributed by atoms with Crippen molar-refractivity contribution in [3.8, 4) is 0 Å². The summed E-state index contributed by atoms with van der Waals surface area (Å²) >= 11 is 0. The van der Waals surface area contributed by atoms with Gasteiger partial charge in [0.1, 0.15) is 5.60 Å². The second kappa shape index (κ2) is 6.80. The molecule has 146 valence electrons. The number of hydrogen-bond donors (Lipinski definition) is 1. The average Bonchev–Trinajstić information content (AvgIpc) is 2.69. The van der Waals surface area contributed by atoms with Crippen LogP contribution in [0.25, 0.3) is 0 Å². The third-order valence-corrected chi connectivity index (χ3v) is 7.89. The van der Waals surface area contributed by atoms with Crippen LogP contribution < -0.4 is 5.32 Å². The smallest absolute Gasteiger partial charge is 0.412 e. The summed E-state index contributed by atoms with van der Waals surface area (Å²) in [5.41, 5.74) is 2.31. The van der Waals surface area contributed by atoms with Crippen LogP contribution in [0.5, 0.6) is 0 Å². The van der Waals surface area contributed by atoms with E-state index >= 15 is 0 Å². The number of hydrogen-bond acceptors (Lipinski definition) is 3. The Labute approximate surface area is 162 Å². The minimum absolute atomic E-state index is 0.291. The molecule has 4 nitrogen and oxygen atoms in total. The first-order chi connectivity index (χ1) is 13.2. The Balaban J connectivity index is 1.30.